The molecular formula is C10H16N2O4. The average molecular weight is 228 g/mol. The molecule has 1 heterocycles. The van der Waals surface area contributed by atoms with Crippen molar-refractivity contribution in [2.24, 2.45) is 0 Å². The molecule has 0 aliphatic carbocycles. The van der Waals surface area contributed by atoms with Gasteiger partial charge in [-0.05, 0) is 18.5 Å². The number of aromatic nitrogens is 1. The maximum Gasteiger partial charge on any atom is 0.258 e. The van der Waals surface area contributed by atoms with Crippen LogP contribution in [0.15, 0.2) is 10.6 Å². The largest absolute Gasteiger partial charge is 0.465 e. The Morgan fingerprint density at radius 1 is 1.75 bits per heavy atom. The number of aryl methyl sites for hydroxylation is 1. The third-order valence-corrected chi connectivity index (χ3v) is 2.04. The number of carbonyl (C=O) groups excluding carboxylic acids is 1. The first-order chi connectivity index (χ1) is 7.65. The molecule has 1 rings (SSSR count). The van der Waals surface area contributed by atoms with Crippen LogP contribution in [0.2, 0.25) is 0 Å². The van der Waals surface area contributed by atoms with Gasteiger partial charge >= 0.3 is 0 Å². The van der Waals surface area contributed by atoms with Crippen molar-refractivity contribution in [2.75, 3.05) is 13.2 Å². The minimum absolute atomic E-state index is 0.0781. The van der Waals surface area contributed by atoms with Crippen LogP contribution >= 0.6 is 0 Å². The lowest BCUT2D eigenvalue weighted by molar-refractivity contribution is -0.124. The molecule has 0 radical (unpaired) electrons. The van der Waals surface area contributed by atoms with Gasteiger partial charge in [0.2, 0.25) is 0 Å². The minimum Gasteiger partial charge on any atom is -0.465 e. The summed E-state index contributed by atoms with van der Waals surface area (Å²) >= 11 is 0. The van der Waals surface area contributed by atoms with E-state index >= 15 is 0 Å². The molecule has 0 bridgehead atoms. The molecule has 0 aromatic carbocycles. The third-order valence-electron chi connectivity index (χ3n) is 2.04. The van der Waals surface area contributed by atoms with E-state index in [2.05, 4.69) is 10.5 Å². The first-order valence-electron chi connectivity index (χ1n) is 5.12. The number of aliphatic hydroxyl groups excluding tert-OH is 1. The molecule has 1 amide bonds. The molecule has 6 heteroatoms. The summed E-state index contributed by atoms with van der Waals surface area (Å²) in [5.41, 5.74) is 0. The molecule has 0 spiro atoms. The Bertz CT molecular complexity index is 333. The second kappa shape index (κ2) is 6.12. The molecular weight excluding hydrogens is 212 g/mol. The van der Waals surface area contributed by atoms with Crippen LogP contribution in [0.3, 0.4) is 0 Å². The summed E-state index contributed by atoms with van der Waals surface area (Å²) in [5, 5.41) is 15.1. The minimum atomic E-state index is -0.290. The second-order valence-corrected chi connectivity index (χ2v) is 3.42. The monoisotopic (exact) mass is 228 g/mol. The fourth-order valence-corrected chi connectivity index (χ4v) is 1.10. The number of nitrogens with one attached hydrogen (secondary N) is 1. The fourth-order valence-electron chi connectivity index (χ4n) is 1.10. The van der Waals surface area contributed by atoms with E-state index in [9.17, 15) is 4.79 Å². The SMILES string of the molecule is CCC(CO)NC(=O)COc1cc(C)on1. The van der Waals surface area contributed by atoms with Crippen molar-refractivity contribution < 1.29 is 19.2 Å². The van der Waals surface area contributed by atoms with Crippen molar-refractivity contribution >= 4 is 5.91 Å². The molecule has 90 valence electrons. The molecule has 2 N–H and O–H groups in total. The zero-order valence-electron chi connectivity index (χ0n) is 9.40. The quantitative estimate of drug-likeness (QED) is 0.729. The van der Waals surface area contributed by atoms with Crippen molar-refractivity contribution in [1.29, 1.82) is 0 Å². The Labute approximate surface area is 93.6 Å². The van der Waals surface area contributed by atoms with Crippen LogP contribution < -0.4 is 10.1 Å². The number of nitrogens with zero attached hydrogens (tertiary/aromatic N) is 1. The summed E-state index contributed by atoms with van der Waals surface area (Å²) in [4.78, 5) is 11.3. The summed E-state index contributed by atoms with van der Waals surface area (Å²) < 4.78 is 9.85. The molecule has 0 saturated carbocycles. The molecule has 6 nitrogen and oxygen atoms in total. The van der Waals surface area contributed by atoms with Crippen molar-refractivity contribution in [3.8, 4) is 5.88 Å². The number of ether oxygens (including phenoxy) is 1. The standard InChI is InChI=1S/C10H16N2O4/c1-3-8(5-13)11-9(14)6-15-10-4-7(2)16-12-10/h4,8,13H,3,5-6H2,1-2H3,(H,11,14). The number of rotatable bonds is 6. The van der Waals surface area contributed by atoms with Gasteiger partial charge in [0.25, 0.3) is 11.8 Å². The van der Waals surface area contributed by atoms with Crippen LogP contribution in [-0.4, -0.2) is 35.4 Å². The molecule has 0 aliphatic heterocycles. The molecule has 0 saturated heterocycles. The van der Waals surface area contributed by atoms with Gasteiger partial charge < -0.3 is 19.7 Å². The highest BCUT2D eigenvalue weighted by atomic mass is 16.5. The van der Waals surface area contributed by atoms with Gasteiger partial charge in [-0.25, -0.2) is 0 Å². The maximum absolute atomic E-state index is 11.3. The zero-order valence-corrected chi connectivity index (χ0v) is 9.40. The number of carbonyl (C=O) groups is 1. The third kappa shape index (κ3) is 3.90. The van der Waals surface area contributed by atoms with Crippen molar-refractivity contribution in [3.05, 3.63) is 11.8 Å². The molecule has 0 aliphatic rings. The van der Waals surface area contributed by atoms with E-state index in [1.54, 1.807) is 13.0 Å². The van der Waals surface area contributed by atoms with Crippen LogP contribution in [0.25, 0.3) is 0 Å². The molecule has 1 atom stereocenters. The van der Waals surface area contributed by atoms with Crippen LogP contribution in [0, 0.1) is 6.92 Å². The summed E-state index contributed by atoms with van der Waals surface area (Å²) in [6.45, 7) is 3.40. The van der Waals surface area contributed by atoms with Crippen LogP contribution in [0.5, 0.6) is 5.88 Å². The Balaban J connectivity index is 2.30. The normalized spacial score (nSPS) is 12.2. The Kier molecular flexibility index (Phi) is 4.78. The Morgan fingerprint density at radius 2 is 2.50 bits per heavy atom. The van der Waals surface area contributed by atoms with E-state index < -0.39 is 0 Å². The average Bonchev–Trinajstić information content (AvgIpc) is 2.69. The smallest absolute Gasteiger partial charge is 0.258 e. The topological polar surface area (TPSA) is 84.6 Å². The van der Waals surface area contributed by atoms with Gasteiger partial charge in [-0.15, -0.1) is 0 Å². The Morgan fingerprint density at radius 3 is 3.00 bits per heavy atom. The van der Waals surface area contributed by atoms with E-state index in [0.29, 0.717) is 12.2 Å². The highest BCUT2D eigenvalue weighted by Gasteiger charge is 2.10. The van der Waals surface area contributed by atoms with E-state index in [0.717, 1.165) is 0 Å². The first-order valence-corrected chi connectivity index (χ1v) is 5.12. The molecule has 16 heavy (non-hydrogen) atoms. The van der Waals surface area contributed by atoms with Crippen LogP contribution in [0.4, 0.5) is 0 Å². The van der Waals surface area contributed by atoms with Gasteiger partial charge in [0.05, 0.1) is 12.6 Å². The summed E-state index contributed by atoms with van der Waals surface area (Å²) in [5.74, 6) is 0.614. The Hall–Kier alpha value is -1.56. The molecule has 1 unspecified atom stereocenters. The predicted octanol–water partition coefficient (Wildman–Crippen LogP) is 0.249. The molecule has 1 aromatic rings. The van der Waals surface area contributed by atoms with Gasteiger partial charge in [-0.1, -0.05) is 6.92 Å². The summed E-state index contributed by atoms with van der Waals surface area (Å²) in [6, 6.07) is 1.37. The highest BCUT2D eigenvalue weighted by molar-refractivity contribution is 5.77. The van der Waals surface area contributed by atoms with Gasteiger partial charge in [-0.3, -0.25) is 4.79 Å². The van der Waals surface area contributed by atoms with Gasteiger partial charge in [0.1, 0.15) is 5.76 Å². The number of aliphatic hydroxyl groups is 1. The van der Waals surface area contributed by atoms with Crippen molar-refractivity contribution in [3.63, 3.8) is 0 Å². The number of hydrogen-bond acceptors (Lipinski definition) is 5. The number of amides is 1. The lowest BCUT2D eigenvalue weighted by Crippen LogP contribution is -2.39. The lowest BCUT2D eigenvalue weighted by atomic mass is 10.2. The highest BCUT2D eigenvalue weighted by Crippen LogP contribution is 2.09. The predicted molar refractivity (Wildman–Crippen MR) is 56.0 cm³/mol. The summed E-state index contributed by atoms with van der Waals surface area (Å²) in [6.07, 6.45) is 0.672. The second-order valence-electron chi connectivity index (χ2n) is 3.42. The van der Waals surface area contributed by atoms with Crippen LogP contribution in [-0.2, 0) is 4.79 Å². The van der Waals surface area contributed by atoms with Crippen LogP contribution in [0.1, 0.15) is 19.1 Å². The zero-order chi connectivity index (χ0) is 12.0. The van der Waals surface area contributed by atoms with Crippen molar-refractivity contribution in [2.45, 2.75) is 26.3 Å². The molecule has 0 fully saturated rings. The van der Waals surface area contributed by atoms with E-state index in [-0.39, 0.29) is 31.0 Å². The van der Waals surface area contributed by atoms with E-state index in [4.69, 9.17) is 14.4 Å². The summed E-state index contributed by atoms with van der Waals surface area (Å²) in [7, 11) is 0. The van der Waals surface area contributed by atoms with Gasteiger partial charge in [0, 0.05) is 6.07 Å². The van der Waals surface area contributed by atoms with Gasteiger partial charge in [-0.2, -0.15) is 0 Å². The van der Waals surface area contributed by atoms with E-state index in [1.807, 2.05) is 6.92 Å². The lowest BCUT2D eigenvalue weighted by Gasteiger charge is -2.13. The fraction of sp³-hybridized carbons (Fsp3) is 0.600. The van der Waals surface area contributed by atoms with Gasteiger partial charge in [0.15, 0.2) is 6.61 Å². The number of hydrogen-bond donors (Lipinski definition) is 2. The maximum atomic E-state index is 11.3. The van der Waals surface area contributed by atoms with E-state index in [1.165, 1.54) is 0 Å². The van der Waals surface area contributed by atoms with Crippen molar-refractivity contribution in [1.82, 2.24) is 10.5 Å². The molecule has 1 aromatic heterocycles. The first kappa shape index (κ1) is 12.5.